The van der Waals surface area contributed by atoms with Crippen molar-refractivity contribution < 1.29 is 14.3 Å². The number of amides is 1. The Morgan fingerprint density at radius 2 is 2.00 bits per heavy atom. The van der Waals surface area contributed by atoms with Gasteiger partial charge in [0.1, 0.15) is 0 Å². The fourth-order valence-corrected chi connectivity index (χ4v) is 1.05. The molecule has 0 saturated carbocycles. The van der Waals surface area contributed by atoms with Gasteiger partial charge in [0, 0.05) is 0 Å². The molecule has 0 bridgehead atoms. The highest BCUT2D eigenvalue weighted by molar-refractivity contribution is 6.28. The molecule has 0 fully saturated rings. The predicted molar refractivity (Wildman–Crippen MR) is 49.9 cm³/mol. The van der Waals surface area contributed by atoms with Crippen LogP contribution in [0.3, 0.4) is 0 Å². The van der Waals surface area contributed by atoms with Crippen LogP contribution in [0, 0.1) is 5.92 Å². The third-order valence-electron chi connectivity index (χ3n) is 1.60. The summed E-state index contributed by atoms with van der Waals surface area (Å²) in [6, 6.07) is -0.565. The molecular formula is C8H14ClNO3. The molecule has 13 heavy (non-hydrogen) atoms. The number of ether oxygens (including phenoxy) is 1. The molecule has 0 saturated heterocycles. The molecule has 0 aliphatic rings. The molecule has 0 aliphatic heterocycles. The maximum Gasteiger partial charge on any atom is 0.407 e. The minimum absolute atomic E-state index is 0.00495. The van der Waals surface area contributed by atoms with Gasteiger partial charge in [0.2, 0.25) is 0 Å². The fraction of sp³-hybridized carbons (Fsp3) is 0.750. The van der Waals surface area contributed by atoms with Crippen molar-refractivity contribution in [3.8, 4) is 0 Å². The van der Waals surface area contributed by atoms with Crippen LogP contribution in [0.1, 0.15) is 13.8 Å². The molecule has 76 valence electrons. The average molecular weight is 208 g/mol. The van der Waals surface area contributed by atoms with E-state index < -0.39 is 12.1 Å². The van der Waals surface area contributed by atoms with Gasteiger partial charge in [-0.25, -0.2) is 4.79 Å². The van der Waals surface area contributed by atoms with Gasteiger partial charge in [-0.05, 0) is 5.92 Å². The Kier molecular flexibility index (Phi) is 5.46. The smallest absolute Gasteiger partial charge is 0.407 e. The Balaban J connectivity index is 4.26. The second-order valence-corrected chi connectivity index (χ2v) is 3.22. The molecule has 0 rings (SSSR count). The van der Waals surface area contributed by atoms with E-state index in [0.29, 0.717) is 0 Å². The summed E-state index contributed by atoms with van der Waals surface area (Å²) in [7, 11) is 1.25. The lowest BCUT2D eigenvalue weighted by Crippen LogP contribution is -2.44. The van der Waals surface area contributed by atoms with Gasteiger partial charge in [0.15, 0.2) is 5.78 Å². The van der Waals surface area contributed by atoms with Crippen LogP contribution in [0.4, 0.5) is 4.79 Å². The summed E-state index contributed by atoms with van der Waals surface area (Å²) in [5, 5.41) is 2.42. The number of hydrogen-bond donors (Lipinski definition) is 1. The van der Waals surface area contributed by atoms with Crippen LogP contribution in [-0.4, -0.2) is 30.9 Å². The lowest BCUT2D eigenvalue weighted by Gasteiger charge is -2.18. The summed E-state index contributed by atoms with van der Waals surface area (Å²) in [6.45, 7) is 3.65. The Labute approximate surface area is 82.6 Å². The first-order valence-electron chi connectivity index (χ1n) is 3.96. The summed E-state index contributed by atoms with van der Waals surface area (Å²) in [5.74, 6) is -0.306. The van der Waals surface area contributed by atoms with E-state index in [1.54, 1.807) is 0 Å². The van der Waals surface area contributed by atoms with Crippen LogP contribution in [0.2, 0.25) is 0 Å². The Hall–Kier alpha value is -0.770. The van der Waals surface area contributed by atoms with Crippen LogP contribution < -0.4 is 5.32 Å². The van der Waals surface area contributed by atoms with Crippen molar-refractivity contribution in [2.45, 2.75) is 19.9 Å². The first kappa shape index (κ1) is 12.2. The molecule has 1 N–H and O–H groups in total. The van der Waals surface area contributed by atoms with Gasteiger partial charge in [-0.3, -0.25) is 4.79 Å². The van der Waals surface area contributed by atoms with Gasteiger partial charge in [-0.1, -0.05) is 13.8 Å². The number of alkyl carbamates (subject to hydrolysis) is 1. The third-order valence-corrected chi connectivity index (χ3v) is 1.87. The monoisotopic (exact) mass is 207 g/mol. The van der Waals surface area contributed by atoms with Crippen LogP contribution >= 0.6 is 11.6 Å². The van der Waals surface area contributed by atoms with Crippen molar-refractivity contribution >= 4 is 23.5 Å². The third kappa shape index (κ3) is 4.12. The van der Waals surface area contributed by atoms with Gasteiger partial charge >= 0.3 is 6.09 Å². The van der Waals surface area contributed by atoms with Crippen molar-refractivity contribution in [2.24, 2.45) is 5.92 Å². The SMILES string of the molecule is COC(=O)NC(C(=O)CCl)C(C)C. The summed E-state index contributed by atoms with van der Waals surface area (Å²) >= 11 is 5.38. The number of methoxy groups -OCH3 is 1. The number of ketones is 1. The summed E-state index contributed by atoms with van der Waals surface area (Å²) in [6.07, 6.45) is -0.614. The zero-order valence-corrected chi connectivity index (χ0v) is 8.72. The minimum Gasteiger partial charge on any atom is -0.453 e. The lowest BCUT2D eigenvalue weighted by atomic mass is 10.0. The van der Waals surface area contributed by atoms with Gasteiger partial charge in [-0.2, -0.15) is 0 Å². The van der Waals surface area contributed by atoms with E-state index in [4.69, 9.17) is 11.6 Å². The topological polar surface area (TPSA) is 55.4 Å². The highest BCUT2D eigenvalue weighted by atomic mass is 35.5. The molecule has 0 aromatic carbocycles. The van der Waals surface area contributed by atoms with E-state index >= 15 is 0 Å². The molecule has 1 amide bonds. The van der Waals surface area contributed by atoms with Crippen molar-refractivity contribution in [1.29, 1.82) is 0 Å². The molecule has 0 heterocycles. The maximum atomic E-state index is 11.2. The quantitative estimate of drug-likeness (QED) is 0.705. The molecule has 0 aliphatic carbocycles. The van der Waals surface area contributed by atoms with E-state index in [2.05, 4.69) is 10.1 Å². The van der Waals surface area contributed by atoms with Crippen molar-refractivity contribution in [1.82, 2.24) is 5.32 Å². The minimum atomic E-state index is -0.614. The zero-order valence-electron chi connectivity index (χ0n) is 7.96. The highest BCUT2D eigenvalue weighted by Crippen LogP contribution is 2.04. The zero-order chi connectivity index (χ0) is 10.4. The second kappa shape index (κ2) is 5.80. The predicted octanol–water partition coefficient (Wildman–Crippen LogP) is 1.17. The van der Waals surface area contributed by atoms with Gasteiger partial charge in [0.25, 0.3) is 0 Å². The lowest BCUT2D eigenvalue weighted by molar-refractivity contribution is -0.119. The van der Waals surface area contributed by atoms with Crippen molar-refractivity contribution in [3.63, 3.8) is 0 Å². The van der Waals surface area contributed by atoms with E-state index in [1.165, 1.54) is 7.11 Å². The summed E-state index contributed by atoms with van der Waals surface area (Å²) in [5.41, 5.74) is 0. The van der Waals surface area contributed by atoms with Crippen LogP contribution in [0.5, 0.6) is 0 Å². The van der Waals surface area contributed by atoms with Crippen LogP contribution in [-0.2, 0) is 9.53 Å². The molecule has 1 atom stereocenters. The first-order valence-corrected chi connectivity index (χ1v) is 4.49. The largest absolute Gasteiger partial charge is 0.453 e. The molecule has 0 radical (unpaired) electrons. The average Bonchev–Trinajstić information content (AvgIpc) is 2.11. The molecular weight excluding hydrogens is 194 g/mol. The molecule has 0 spiro atoms. The Morgan fingerprint density at radius 1 is 1.46 bits per heavy atom. The molecule has 5 heteroatoms. The maximum absolute atomic E-state index is 11.2. The standard InChI is InChI=1S/C8H14ClNO3/c1-5(2)7(6(11)4-9)10-8(12)13-3/h5,7H,4H2,1-3H3,(H,10,12). The Morgan fingerprint density at radius 3 is 2.31 bits per heavy atom. The number of nitrogens with one attached hydrogen (secondary N) is 1. The van der Waals surface area contributed by atoms with Crippen LogP contribution in [0.25, 0.3) is 0 Å². The highest BCUT2D eigenvalue weighted by Gasteiger charge is 2.23. The molecule has 1 unspecified atom stereocenters. The van der Waals surface area contributed by atoms with Crippen LogP contribution in [0.15, 0.2) is 0 Å². The van der Waals surface area contributed by atoms with Gasteiger partial charge in [-0.15, -0.1) is 11.6 Å². The van der Waals surface area contributed by atoms with Crippen molar-refractivity contribution in [2.75, 3.05) is 13.0 Å². The van der Waals surface area contributed by atoms with E-state index in [1.807, 2.05) is 13.8 Å². The summed E-state index contributed by atoms with van der Waals surface area (Å²) < 4.78 is 4.38. The first-order chi connectivity index (χ1) is 6.02. The van der Waals surface area contributed by atoms with E-state index in [-0.39, 0.29) is 17.6 Å². The summed E-state index contributed by atoms with van der Waals surface area (Å²) in [4.78, 5) is 22.0. The normalized spacial score (nSPS) is 12.4. The van der Waals surface area contributed by atoms with E-state index in [9.17, 15) is 9.59 Å². The number of carbonyl (C=O) groups is 2. The molecule has 0 aromatic heterocycles. The number of halogens is 1. The second-order valence-electron chi connectivity index (χ2n) is 2.96. The van der Waals surface area contributed by atoms with Crippen molar-refractivity contribution in [3.05, 3.63) is 0 Å². The number of hydrogen-bond acceptors (Lipinski definition) is 3. The molecule has 4 nitrogen and oxygen atoms in total. The fourth-order valence-electron chi connectivity index (χ4n) is 0.888. The Bertz CT molecular complexity index is 194. The van der Waals surface area contributed by atoms with E-state index in [0.717, 1.165) is 0 Å². The number of rotatable bonds is 4. The van der Waals surface area contributed by atoms with Gasteiger partial charge < -0.3 is 10.1 Å². The number of Topliss-reactive ketones (excluding diaryl/α,β-unsaturated/α-hetero) is 1. The number of carbonyl (C=O) groups excluding carboxylic acids is 2. The van der Waals surface area contributed by atoms with Gasteiger partial charge in [0.05, 0.1) is 19.0 Å². The molecule has 0 aromatic rings. The number of alkyl halides is 1.